The number of hydrogen-bond donors (Lipinski definition) is 0. The molecule has 136 valence electrons. The number of pyridine rings is 1. The summed E-state index contributed by atoms with van der Waals surface area (Å²) >= 11 is 0. The molecule has 3 heterocycles. The first-order valence-corrected chi connectivity index (χ1v) is 8.75. The summed E-state index contributed by atoms with van der Waals surface area (Å²) in [6.07, 6.45) is 4.67. The molecule has 0 bridgehead atoms. The molecule has 25 heavy (non-hydrogen) atoms. The second-order valence-corrected chi connectivity index (χ2v) is 6.40. The van der Waals surface area contributed by atoms with Crippen molar-refractivity contribution in [1.82, 2.24) is 9.88 Å². The molecule has 2 aliphatic heterocycles. The van der Waals surface area contributed by atoms with E-state index >= 15 is 0 Å². The van der Waals surface area contributed by atoms with Gasteiger partial charge in [-0.05, 0) is 18.9 Å². The van der Waals surface area contributed by atoms with E-state index < -0.39 is 0 Å². The SMILES string of the molecule is COC(=O)C1CCN(C(=O)c2ccc(OC3CCOCC3)nc2)CC1. The Hall–Kier alpha value is -2.15. The third-order valence-corrected chi connectivity index (χ3v) is 4.76. The van der Waals surface area contributed by atoms with Gasteiger partial charge in [-0.15, -0.1) is 0 Å². The number of nitrogens with zero attached hydrogens (tertiary/aromatic N) is 2. The molecule has 1 aromatic rings. The van der Waals surface area contributed by atoms with E-state index in [0.717, 1.165) is 12.8 Å². The molecule has 0 radical (unpaired) electrons. The highest BCUT2D eigenvalue weighted by atomic mass is 16.5. The van der Waals surface area contributed by atoms with Crippen LogP contribution in [-0.4, -0.2) is 61.3 Å². The molecule has 2 aliphatic rings. The maximum absolute atomic E-state index is 12.6. The number of likely N-dealkylation sites (tertiary alicyclic amines) is 1. The van der Waals surface area contributed by atoms with Crippen LogP contribution >= 0.6 is 0 Å². The van der Waals surface area contributed by atoms with Crippen molar-refractivity contribution in [1.29, 1.82) is 0 Å². The molecular formula is C18H24N2O5. The number of esters is 1. The molecule has 2 saturated heterocycles. The number of amides is 1. The number of carbonyl (C=O) groups excluding carboxylic acids is 2. The minimum absolute atomic E-state index is 0.0616. The molecule has 0 spiro atoms. The van der Waals surface area contributed by atoms with Gasteiger partial charge in [0.05, 0.1) is 31.8 Å². The van der Waals surface area contributed by atoms with Crippen molar-refractivity contribution >= 4 is 11.9 Å². The van der Waals surface area contributed by atoms with Crippen molar-refractivity contribution in [2.45, 2.75) is 31.8 Å². The van der Waals surface area contributed by atoms with Crippen molar-refractivity contribution in [2.75, 3.05) is 33.4 Å². The van der Waals surface area contributed by atoms with Crippen molar-refractivity contribution in [2.24, 2.45) is 5.92 Å². The lowest BCUT2D eigenvalue weighted by molar-refractivity contribution is -0.146. The molecular weight excluding hydrogens is 324 g/mol. The zero-order chi connectivity index (χ0) is 17.6. The van der Waals surface area contributed by atoms with Crippen LogP contribution in [0.3, 0.4) is 0 Å². The fourth-order valence-corrected chi connectivity index (χ4v) is 3.21. The minimum atomic E-state index is -0.191. The van der Waals surface area contributed by atoms with Crippen molar-refractivity contribution < 1.29 is 23.8 Å². The summed E-state index contributed by atoms with van der Waals surface area (Å²) in [4.78, 5) is 30.1. The molecule has 1 amide bonds. The van der Waals surface area contributed by atoms with Crippen LogP contribution in [0.25, 0.3) is 0 Å². The van der Waals surface area contributed by atoms with Crippen LogP contribution in [0, 0.1) is 5.92 Å². The summed E-state index contributed by atoms with van der Waals surface area (Å²) < 4.78 is 15.9. The second-order valence-electron chi connectivity index (χ2n) is 6.40. The lowest BCUT2D eigenvalue weighted by atomic mass is 9.96. The Bertz CT molecular complexity index is 590. The molecule has 7 nitrogen and oxygen atoms in total. The van der Waals surface area contributed by atoms with E-state index in [2.05, 4.69) is 4.98 Å². The van der Waals surface area contributed by atoms with E-state index in [1.807, 2.05) is 0 Å². The van der Waals surface area contributed by atoms with E-state index in [-0.39, 0.29) is 23.9 Å². The molecule has 1 aromatic heterocycles. The number of rotatable bonds is 4. The van der Waals surface area contributed by atoms with Gasteiger partial charge < -0.3 is 19.1 Å². The molecule has 0 N–H and O–H groups in total. The van der Waals surface area contributed by atoms with Gasteiger partial charge in [0, 0.05) is 38.2 Å². The van der Waals surface area contributed by atoms with E-state index in [9.17, 15) is 9.59 Å². The fourth-order valence-electron chi connectivity index (χ4n) is 3.21. The van der Waals surface area contributed by atoms with Crippen LogP contribution in [0.2, 0.25) is 0 Å². The van der Waals surface area contributed by atoms with Gasteiger partial charge in [0.1, 0.15) is 6.10 Å². The Morgan fingerprint density at radius 2 is 1.88 bits per heavy atom. The van der Waals surface area contributed by atoms with Crippen LogP contribution in [0.1, 0.15) is 36.0 Å². The molecule has 7 heteroatoms. The highest BCUT2D eigenvalue weighted by molar-refractivity contribution is 5.94. The molecule has 0 saturated carbocycles. The molecule has 0 aliphatic carbocycles. The van der Waals surface area contributed by atoms with Gasteiger partial charge >= 0.3 is 5.97 Å². The zero-order valence-electron chi connectivity index (χ0n) is 14.5. The highest BCUT2D eigenvalue weighted by Gasteiger charge is 2.28. The van der Waals surface area contributed by atoms with Crippen molar-refractivity contribution in [3.8, 4) is 5.88 Å². The quantitative estimate of drug-likeness (QED) is 0.770. The Balaban J connectivity index is 1.53. The lowest BCUT2D eigenvalue weighted by Crippen LogP contribution is -2.40. The first-order valence-electron chi connectivity index (χ1n) is 8.75. The molecule has 0 unspecified atom stereocenters. The van der Waals surface area contributed by atoms with Crippen LogP contribution in [0.15, 0.2) is 18.3 Å². The second kappa shape index (κ2) is 8.29. The number of piperidine rings is 1. The fraction of sp³-hybridized carbons (Fsp3) is 0.611. The zero-order valence-corrected chi connectivity index (χ0v) is 14.5. The molecule has 0 aromatic carbocycles. The van der Waals surface area contributed by atoms with Gasteiger partial charge in [0.2, 0.25) is 5.88 Å². The Morgan fingerprint density at radius 3 is 2.48 bits per heavy atom. The lowest BCUT2D eigenvalue weighted by Gasteiger charge is -2.30. The number of aromatic nitrogens is 1. The highest BCUT2D eigenvalue weighted by Crippen LogP contribution is 2.21. The van der Waals surface area contributed by atoms with Gasteiger partial charge in [0.25, 0.3) is 5.91 Å². The van der Waals surface area contributed by atoms with Crippen molar-refractivity contribution in [3.05, 3.63) is 23.9 Å². The summed E-state index contributed by atoms with van der Waals surface area (Å²) in [5, 5.41) is 0. The van der Waals surface area contributed by atoms with Gasteiger partial charge in [-0.25, -0.2) is 4.98 Å². The topological polar surface area (TPSA) is 78.0 Å². The normalized spacial score (nSPS) is 19.5. The molecule has 0 atom stereocenters. The van der Waals surface area contributed by atoms with Gasteiger partial charge in [-0.2, -0.15) is 0 Å². The standard InChI is InChI=1S/C18H24N2O5/c1-23-18(22)13-4-8-20(9-5-13)17(21)14-2-3-16(19-12-14)25-15-6-10-24-11-7-15/h2-3,12-13,15H,4-11H2,1H3. The van der Waals surface area contributed by atoms with E-state index in [0.29, 0.717) is 50.6 Å². The molecule has 3 rings (SSSR count). The van der Waals surface area contributed by atoms with Crippen LogP contribution in [-0.2, 0) is 14.3 Å². The predicted molar refractivity (Wildman–Crippen MR) is 89.3 cm³/mol. The third-order valence-electron chi connectivity index (χ3n) is 4.76. The average molecular weight is 348 g/mol. The monoisotopic (exact) mass is 348 g/mol. The number of hydrogen-bond acceptors (Lipinski definition) is 6. The average Bonchev–Trinajstić information content (AvgIpc) is 2.68. The van der Waals surface area contributed by atoms with Gasteiger partial charge in [-0.1, -0.05) is 0 Å². The summed E-state index contributed by atoms with van der Waals surface area (Å²) in [5.41, 5.74) is 0.538. The summed E-state index contributed by atoms with van der Waals surface area (Å²) in [6, 6.07) is 3.49. The molecule has 2 fully saturated rings. The van der Waals surface area contributed by atoms with Crippen LogP contribution in [0.5, 0.6) is 5.88 Å². The predicted octanol–water partition coefficient (Wildman–Crippen LogP) is 1.66. The minimum Gasteiger partial charge on any atom is -0.474 e. The Labute approximate surface area is 147 Å². The van der Waals surface area contributed by atoms with Gasteiger partial charge in [-0.3, -0.25) is 9.59 Å². The largest absolute Gasteiger partial charge is 0.474 e. The van der Waals surface area contributed by atoms with E-state index in [1.165, 1.54) is 7.11 Å². The first-order chi connectivity index (χ1) is 12.2. The maximum atomic E-state index is 12.6. The summed E-state index contributed by atoms with van der Waals surface area (Å²) in [7, 11) is 1.40. The number of methoxy groups -OCH3 is 1. The maximum Gasteiger partial charge on any atom is 0.308 e. The van der Waals surface area contributed by atoms with Crippen LogP contribution < -0.4 is 4.74 Å². The Morgan fingerprint density at radius 1 is 1.16 bits per heavy atom. The van der Waals surface area contributed by atoms with Crippen molar-refractivity contribution in [3.63, 3.8) is 0 Å². The van der Waals surface area contributed by atoms with Gasteiger partial charge in [0.15, 0.2) is 0 Å². The van der Waals surface area contributed by atoms with Crippen LogP contribution in [0.4, 0.5) is 0 Å². The third kappa shape index (κ3) is 4.48. The number of carbonyl (C=O) groups is 2. The summed E-state index contributed by atoms with van der Waals surface area (Å²) in [6.45, 7) is 2.53. The van der Waals surface area contributed by atoms with E-state index in [4.69, 9.17) is 14.2 Å². The summed E-state index contributed by atoms with van der Waals surface area (Å²) in [5.74, 6) is 0.173. The first kappa shape index (κ1) is 17.7. The smallest absolute Gasteiger partial charge is 0.308 e. The Kier molecular flexibility index (Phi) is 5.86. The van der Waals surface area contributed by atoms with E-state index in [1.54, 1.807) is 23.2 Å². The number of ether oxygens (including phenoxy) is 3.